The number of fused-ring (bicyclic) bond motifs is 1. The van der Waals surface area contributed by atoms with Gasteiger partial charge in [-0.25, -0.2) is 9.97 Å². The van der Waals surface area contributed by atoms with Crippen molar-refractivity contribution in [3.63, 3.8) is 0 Å². The fourth-order valence-corrected chi connectivity index (χ4v) is 2.68. The molecule has 7 heteroatoms. The maximum Gasteiger partial charge on any atom is 0.231 e. The molecular formula is C17H17N3O4. The Bertz CT molecular complexity index is 897. The highest BCUT2D eigenvalue weighted by Crippen LogP contribution is 2.44. The van der Waals surface area contributed by atoms with Crippen LogP contribution < -0.4 is 14.2 Å². The molecule has 0 saturated heterocycles. The Morgan fingerprint density at radius 2 is 2.12 bits per heavy atom. The molecule has 2 aromatic heterocycles. The van der Waals surface area contributed by atoms with E-state index in [0.717, 1.165) is 22.8 Å². The maximum absolute atomic E-state index is 5.85. The van der Waals surface area contributed by atoms with Gasteiger partial charge in [0, 0.05) is 18.0 Å². The van der Waals surface area contributed by atoms with E-state index in [1.54, 1.807) is 13.3 Å². The summed E-state index contributed by atoms with van der Waals surface area (Å²) in [6.07, 6.45) is 3.70. The Morgan fingerprint density at radius 3 is 2.88 bits per heavy atom. The number of imidazole rings is 1. The molecule has 0 saturated carbocycles. The predicted molar refractivity (Wildman–Crippen MR) is 85.4 cm³/mol. The fraction of sp³-hybridized carbons (Fsp3) is 0.294. The minimum atomic E-state index is 0.185. The van der Waals surface area contributed by atoms with Gasteiger partial charge >= 0.3 is 0 Å². The van der Waals surface area contributed by atoms with Crippen LogP contribution in [0.25, 0.3) is 11.5 Å². The molecular weight excluding hydrogens is 310 g/mol. The lowest BCUT2D eigenvalue weighted by Gasteiger charge is -2.06. The van der Waals surface area contributed by atoms with E-state index < -0.39 is 0 Å². The van der Waals surface area contributed by atoms with Gasteiger partial charge in [0.05, 0.1) is 13.7 Å². The van der Waals surface area contributed by atoms with Crippen molar-refractivity contribution in [1.29, 1.82) is 0 Å². The van der Waals surface area contributed by atoms with Crippen molar-refractivity contribution < 1.29 is 18.6 Å². The minimum Gasteiger partial charge on any atom is -0.493 e. The van der Waals surface area contributed by atoms with Gasteiger partial charge in [-0.3, -0.25) is 0 Å². The molecule has 0 radical (unpaired) electrons. The van der Waals surface area contributed by atoms with Crippen LogP contribution in [-0.2, 0) is 6.54 Å². The number of benzene rings is 1. The highest BCUT2D eigenvalue weighted by molar-refractivity contribution is 5.66. The van der Waals surface area contributed by atoms with Crippen molar-refractivity contribution in [2.45, 2.75) is 20.4 Å². The van der Waals surface area contributed by atoms with Gasteiger partial charge in [-0.15, -0.1) is 0 Å². The molecule has 1 aliphatic heterocycles. The molecule has 0 N–H and O–H groups in total. The van der Waals surface area contributed by atoms with Crippen LogP contribution in [0.4, 0.5) is 0 Å². The fourth-order valence-electron chi connectivity index (χ4n) is 2.68. The Labute approximate surface area is 138 Å². The van der Waals surface area contributed by atoms with Gasteiger partial charge in [0.25, 0.3) is 0 Å². The second-order valence-corrected chi connectivity index (χ2v) is 5.54. The smallest absolute Gasteiger partial charge is 0.231 e. The molecule has 124 valence electrons. The summed E-state index contributed by atoms with van der Waals surface area (Å²) in [5.74, 6) is 4.07. The molecule has 24 heavy (non-hydrogen) atoms. The number of aryl methyl sites for hydroxylation is 2. The summed E-state index contributed by atoms with van der Waals surface area (Å²) >= 11 is 0. The number of oxazole rings is 1. The summed E-state index contributed by atoms with van der Waals surface area (Å²) in [5, 5.41) is 0. The zero-order valence-electron chi connectivity index (χ0n) is 13.7. The van der Waals surface area contributed by atoms with Crippen LogP contribution in [0.1, 0.15) is 17.3 Å². The number of hydrogen-bond donors (Lipinski definition) is 0. The standard InChI is InChI=1S/C17H17N3O4/c1-10-13(8-20-5-4-18-11(20)2)19-17(24-10)12-6-14(21-3)16-15(7-12)22-9-23-16/h4-7H,8-9H2,1-3H3. The summed E-state index contributed by atoms with van der Waals surface area (Å²) < 4.78 is 24.1. The van der Waals surface area contributed by atoms with Gasteiger partial charge < -0.3 is 23.2 Å². The third-order valence-corrected chi connectivity index (χ3v) is 4.04. The SMILES string of the molecule is COc1cc(-c2nc(Cn3ccnc3C)c(C)o2)cc2c1OCO2. The minimum absolute atomic E-state index is 0.185. The summed E-state index contributed by atoms with van der Waals surface area (Å²) in [6.45, 7) is 4.66. The Morgan fingerprint density at radius 1 is 1.25 bits per heavy atom. The number of hydrogen-bond acceptors (Lipinski definition) is 6. The maximum atomic E-state index is 5.85. The van der Waals surface area contributed by atoms with Crippen molar-refractivity contribution in [3.8, 4) is 28.7 Å². The molecule has 0 unspecified atom stereocenters. The topological polar surface area (TPSA) is 71.5 Å². The van der Waals surface area contributed by atoms with Gasteiger partial charge in [0.2, 0.25) is 18.4 Å². The predicted octanol–water partition coefficient (Wildman–Crippen LogP) is 2.94. The summed E-state index contributed by atoms with van der Waals surface area (Å²) in [4.78, 5) is 8.86. The first kappa shape index (κ1) is 14.6. The largest absolute Gasteiger partial charge is 0.493 e. The van der Waals surface area contributed by atoms with Crippen LogP contribution in [0.2, 0.25) is 0 Å². The van der Waals surface area contributed by atoms with Crippen molar-refractivity contribution in [2.24, 2.45) is 0 Å². The molecule has 1 aliphatic rings. The Balaban J connectivity index is 1.71. The van der Waals surface area contributed by atoms with E-state index in [9.17, 15) is 0 Å². The average molecular weight is 327 g/mol. The third-order valence-electron chi connectivity index (χ3n) is 4.04. The third kappa shape index (κ3) is 2.38. The lowest BCUT2D eigenvalue weighted by Crippen LogP contribution is -2.02. The van der Waals surface area contributed by atoms with E-state index in [-0.39, 0.29) is 6.79 Å². The number of ether oxygens (including phenoxy) is 3. The first-order valence-electron chi connectivity index (χ1n) is 7.57. The second kappa shape index (κ2) is 5.59. The Hall–Kier alpha value is -2.96. The number of methoxy groups -OCH3 is 1. The van der Waals surface area contributed by atoms with E-state index in [4.69, 9.17) is 18.6 Å². The Kier molecular flexibility index (Phi) is 3.41. The van der Waals surface area contributed by atoms with E-state index >= 15 is 0 Å². The van der Waals surface area contributed by atoms with Gasteiger partial charge in [-0.1, -0.05) is 0 Å². The zero-order chi connectivity index (χ0) is 16.7. The molecule has 3 heterocycles. The summed E-state index contributed by atoms with van der Waals surface area (Å²) in [6, 6.07) is 3.69. The van der Waals surface area contributed by atoms with Crippen molar-refractivity contribution in [1.82, 2.24) is 14.5 Å². The van der Waals surface area contributed by atoms with E-state index in [2.05, 4.69) is 9.97 Å². The molecule has 0 spiro atoms. The van der Waals surface area contributed by atoms with Gasteiger partial charge in [0.15, 0.2) is 11.5 Å². The summed E-state index contributed by atoms with van der Waals surface area (Å²) in [7, 11) is 1.59. The average Bonchev–Trinajstić information content (AvgIpc) is 3.28. The van der Waals surface area contributed by atoms with Crippen LogP contribution in [0.15, 0.2) is 28.9 Å². The highest BCUT2D eigenvalue weighted by atomic mass is 16.7. The lowest BCUT2D eigenvalue weighted by molar-refractivity contribution is 0.171. The van der Waals surface area contributed by atoms with Gasteiger partial charge in [0.1, 0.15) is 17.3 Å². The molecule has 0 atom stereocenters. The lowest BCUT2D eigenvalue weighted by atomic mass is 10.2. The van der Waals surface area contributed by atoms with Crippen LogP contribution in [0, 0.1) is 13.8 Å². The summed E-state index contributed by atoms with van der Waals surface area (Å²) in [5.41, 5.74) is 1.65. The van der Waals surface area contributed by atoms with Gasteiger partial charge in [-0.05, 0) is 26.0 Å². The first-order chi connectivity index (χ1) is 11.7. The number of aromatic nitrogens is 3. The van der Waals surface area contributed by atoms with E-state index in [1.165, 1.54) is 0 Å². The molecule has 7 nitrogen and oxygen atoms in total. The zero-order valence-corrected chi connectivity index (χ0v) is 13.7. The number of nitrogens with zero attached hydrogens (tertiary/aromatic N) is 3. The van der Waals surface area contributed by atoms with Crippen molar-refractivity contribution in [3.05, 3.63) is 41.8 Å². The first-order valence-corrected chi connectivity index (χ1v) is 7.57. The van der Waals surface area contributed by atoms with Crippen molar-refractivity contribution >= 4 is 0 Å². The molecule has 0 fully saturated rings. The van der Waals surface area contributed by atoms with E-state index in [0.29, 0.717) is 29.7 Å². The van der Waals surface area contributed by atoms with E-state index in [1.807, 2.05) is 36.7 Å². The van der Waals surface area contributed by atoms with Crippen LogP contribution in [0.3, 0.4) is 0 Å². The molecule has 0 bridgehead atoms. The molecule has 0 amide bonds. The normalized spacial score (nSPS) is 12.6. The number of rotatable bonds is 4. The van der Waals surface area contributed by atoms with Crippen molar-refractivity contribution in [2.75, 3.05) is 13.9 Å². The molecule has 4 rings (SSSR count). The van der Waals surface area contributed by atoms with Crippen LogP contribution in [-0.4, -0.2) is 28.4 Å². The van der Waals surface area contributed by atoms with Crippen LogP contribution >= 0.6 is 0 Å². The molecule has 0 aliphatic carbocycles. The molecule has 1 aromatic carbocycles. The monoisotopic (exact) mass is 327 g/mol. The van der Waals surface area contributed by atoms with Crippen LogP contribution in [0.5, 0.6) is 17.2 Å². The van der Waals surface area contributed by atoms with Gasteiger partial charge in [-0.2, -0.15) is 0 Å². The second-order valence-electron chi connectivity index (χ2n) is 5.54. The quantitative estimate of drug-likeness (QED) is 0.734. The molecule has 3 aromatic rings. The highest BCUT2D eigenvalue weighted by Gasteiger charge is 2.22.